The monoisotopic (exact) mass is 393 g/mol. The van der Waals surface area contributed by atoms with Crippen molar-refractivity contribution in [3.05, 3.63) is 67.7 Å². The molecule has 136 valence electrons. The van der Waals surface area contributed by atoms with E-state index in [1.807, 2.05) is 12.1 Å². The molecule has 0 aliphatic carbocycles. The van der Waals surface area contributed by atoms with E-state index >= 15 is 0 Å². The van der Waals surface area contributed by atoms with Crippen LogP contribution < -0.4 is 4.90 Å². The number of amides is 1. The number of hydrogen-bond donors (Lipinski definition) is 0. The molecule has 6 nitrogen and oxygen atoms in total. The van der Waals surface area contributed by atoms with Crippen LogP contribution in [0, 0.1) is 17.0 Å². The van der Waals surface area contributed by atoms with Gasteiger partial charge in [-0.05, 0) is 31.2 Å². The van der Waals surface area contributed by atoms with Crippen molar-refractivity contribution in [2.75, 3.05) is 31.1 Å². The Balaban J connectivity index is 1.72. The molecule has 0 aromatic heterocycles. The van der Waals surface area contributed by atoms with E-state index in [1.165, 1.54) is 6.07 Å². The van der Waals surface area contributed by atoms with E-state index < -0.39 is 4.92 Å². The Morgan fingerprint density at radius 1 is 1.08 bits per heavy atom. The number of hydrogen-bond acceptors (Lipinski definition) is 4. The molecule has 1 aliphatic heterocycles. The van der Waals surface area contributed by atoms with Crippen molar-refractivity contribution in [2.45, 2.75) is 6.92 Å². The molecule has 0 spiro atoms. The maximum atomic E-state index is 12.8. The van der Waals surface area contributed by atoms with Crippen molar-refractivity contribution in [1.82, 2.24) is 4.90 Å². The van der Waals surface area contributed by atoms with Crippen LogP contribution in [0.25, 0.3) is 0 Å². The Labute approximate surface area is 161 Å². The van der Waals surface area contributed by atoms with Crippen molar-refractivity contribution in [3.8, 4) is 0 Å². The van der Waals surface area contributed by atoms with Crippen LogP contribution in [0.4, 0.5) is 11.4 Å². The van der Waals surface area contributed by atoms with Crippen LogP contribution in [-0.2, 0) is 0 Å². The number of nitro groups is 1. The summed E-state index contributed by atoms with van der Waals surface area (Å²) in [5.41, 5.74) is 1.69. The average molecular weight is 394 g/mol. The zero-order chi connectivity index (χ0) is 18.8. The lowest BCUT2D eigenvalue weighted by Gasteiger charge is -2.36. The van der Waals surface area contributed by atoms with Gasteiger partial charge >= 0.3 is 0 Å². The number of halogens is 2. The van der Waals surface area contributed by atoms with E-state index in [0.717, 1.165) is 5.69 Å². The summed E-state index contributed by atoms with van der Waals surface area (Å²) >= 11 is 12.0. The van der Waals surface area contributed by atoms with Crippen LogP contribution in [-0.4, -0.2) is 41.9 Å². The molecule has 0 N–H and O–H groups in total. The molecule has 8 heteroatoms. The van der Waals surface area contributed by atoms with Crippen LogP contribution in [0.15, 0.2) is 36.4 Å². The minimum absolute atomic E-state index is 0.0368. The Bertz CT molecular complexity index is 865. The van der Waals surface area contributed by atoms with Crippen molar-refractivity contribution >= 4 is 40.5 Å². The Morgan fingerprint density at radius 2 is 1.77 bits per heavy atom. The Hall–Kier alpha value is -2.31. The van der Waals surface area contributed by atoms with E-state index in [1.54, 1.807) is 30.0 Å². The van der Waals surface area contributed by atoms with Gasteiger partial charge in [0.05, 0.1) is 15.0 Å². The minimum atomic E-state index is -0.464. The predicted octanol–water partition coefficient (Wildman–Crippen LogP) is 4.17. The van der Waals surface area contributed by atoms with Crippen molar-refractivity contribution < 1.29 is 9.72 Å². The van der Waals surface area contributed by atoms with E-state index in [4.69, 9.17) is 23.2 Å². The summed E-state index contributed by atoms with van der Waals surface area (Å²) in [6, 6.07) is 10.1. The van der Waals surface area contributed by atoms with Crippen LogP contribution in [0.5, 0.6) is 0 Å². The summed E-state index contributed by atoms with van der Waals surface area (Å²) in [6.45, 7) is 3.97. The van der Waals surface area contributed by atoms with E-state index in [2.05, 4.69) is 4.90 Å². The Kier molecular flexibility index (Phi) is 5.34. The molecule has 3 rings (SSSR count). The summed E-state index contributed by atoms with van der Waals surface area (Å²) in [6.07, 6.45) is 0. The lowest BCUT2D eigenvalue weighted by molar-refractivity contribution is -0.385. The molecular formula is C18H17Cl2N3O3. The van der Waals surface area contributed by atoms with Crippen LogP contribution >= 0.6 is 23.2 Å². The fraction of sp³-hybridized carbons (Fsp3) is 0.278. The van der Waals surface area contributed by atoms with Crippen molar-refractivity contribution in [1.29, 1.82) is 0 Å². The van der Waals surface area contributed by atoms with Gasteiger partial charge in [-0.2, -0.15) is 0 Å². The highest BCUT2D eigenvalue weighted by atomic mass is 35.5. The van der Waals surface area contributed by atoms with E-state index in [9.17, 15) is 14.9 Å². The first-order valence-electron chi connectivity index (χ1n) is 8.12. The summed E-state index contributed by atoms with van der Waals surface area (Å²) in [7, 11) is 0. The van der Waals surface area contributed by atoms with Gasteiger partial charge in [0.1, 0.15) is 0 Å². The third-order valence-corrected chi connectivity index (χ3v) is 5.31. The number of nitrogens with zero attached hydrogens (tertiary/aromatic N) is 3. The highest BCUT2D eigenvalue weighted by Gasteiger charge is 2.26. The van der Waals surface area contributed by atoms with Gasteiger partial charge in [-0.25, -0.2) is 0 Å². The maximum absolute atomic E-state index is 12.8. The van der Waals surface area contributed by atoms with Crippen LogP contribution in [0.3, 0.4) is 0 Å². The van der Waals surface area contributed by atoms with Gasteiger partial charge in [0.2, 0.25) is 0 Å². The molecule has 1 aliphatic rings. The summed E-state index contributed by atoms with van der Waals surface area (Å²) in [4.78, 5) is 27.3. The quantitative estimate of drug-likeness (QED) is 0.579. The molecule has 26 heavy (non-hydrogen) atoms. The molecule has 0 atom stereocenters. The summed E-state index contributed by atoms with van der Waals surface area (Å²) in [5.74, 6) is -0.181. The second-order valence-electron chi connectivity index (χ2n) is 6.08. The molecule has 1 fully saturated rings. The third kappa shape index (κ3) is 3.61. The highest BCUT2D eigenvalue weighted by molar-refractivity contribution is 6.42. The fourth-order valence-electron chi connectivity index (χ4n) is 3.07. The lowest BCUT2D eigenvalue weighted by atomic mass is 10.1. The highest BCUT2D eigenvalue weighted by Crippen LogP contribution is 2.28. The third-order valence-electron chi connectivity index (χ3n) is 4.57. The predicted molar refractivity (Wildman–Crippen MR) is 102 cm³/mol. The van der Waals surface area contributed by atoms with Crippen molar-refractivity contribution in [2.24, 2.45) is 0 Å². The second-order valence-corrected chi connectivity index (χ2v) is 6.90. The number of rotatable bonds is 3. The number of anilines is 1. The van der Waals surface area contributed by atoms with Crippen LogP contribution in [0.1, 0.15) is 15.9 Å². The molecule has 2 aromatic rings. The number of piperazine rings is 1. The van der Waals surface area contributed by atoms with Gasteiger partial charge in [-0.15, -0.1) is 0 Å². The smallest absolute Gasteiger partial charge is 0.273 e. The van der Waals surface area contributed by atoms with Gasteiger partial charge in [-0.1, -0.05) is 29.3 Å². The molecule has 1 amide bonds. The van der Waals surface area contributed by atoms with E-state index in [0.29, 0.717) is 47.4 Å². The second kappa shape index (κ2) is 7.51. The topological polar surface area (TPSA) is 66.7 Å². The maximum Gasteiger partial charge on any atom is 0.273 e. The average Bonchev–Trinajstić information content (AvgIpc) is 2.63. The van der Waals surface area contributed by atoms with Gasteiger partial charge in [0.15, 0.2) is 0 Å². The molecule has 1 saturated heterocycles. The summed E-state index contributed by atoms with van der Waals surface area (Å²) in [5, 5.41) is 12.1. The number of nitro benzene ring substituents is 1. The molecule has 2 aromatic carbocycles. The first-order valence-corrected chi connectivity index (χ1v) is 8.87. The standard InChI is InChI=1S/C18H17Cl2N3O3/c1-12-14(3-2-4-17(12)23(25)26)18(24)22-9-7-21(8-10-22)13-5-6-15(19)16(20)11-13/h2-6,11H,7-10H2,1H3. The van der Waals surface area contributed by atoms with Gasteiger partial charge in [0.25, 0.3) is 11.6 Å². The molecule has 0 radical (unpaired) electrons. The van der Waals surface area contributed by atoms with Gasteiger partial charge in [0, 0.05) is 49.1 Å². The molecular weight excluding hydrogens is 377 g/mol. The molecule has 0 saturated carbocycles. The molecule has 0 unspecified atom stereocenters. The SMILES string of the molecule is Cc1c(C(=O)N2CCN(c3ccc(Cl)c(Cl)c3)CC2)cccc1[N+](=O)[O-]. The largest absolute Gasteiger partial charge is 0.368 e. The number of carbonyl (C=O) groups is 1. The first-order chi connectivity index (χ1) is 12.4. The van der Waals surface area contributed by atoms with Crippen LogP contribution in [0.2, 0.25) is 10.0 Å². The van der Waals surface area contributed by atoms with Gasteiger partial charge < -0.3 is 9.80 Å². The first kappa shape index (κ1) is 18.5. The number of carbonyl (C=O) groups excluding carboxylic acids is 1. The zero-order valence-electron chi connectivity index (χ0n) is 14.1. The fourth-order valence-corrected chi connectivity index (χ4v) is 3.37. The van der Waals surface area contributed by atoms with Gasteiger partial charge in [-0.3, -0.25) is 14.9 Å². The molecule has 1 heterocycles. The summed E-state index contributed by atoms with van der Waals surface area (Å²) < 4.78 is 0. The van der Waals surface area contributed by atoms with Crippen molar-refractivity contribution in [3.63, 3.8) is 0 Å². The Morgan fingerprint density at radius 3 is 2.38 bits per heavy atom. The normalized spacial score (nSPS) is 14.4. The minimum Gasteiger partial charge on any atom is -0.368 e. The number of benzene rings is 2. The molecule has 0 bridgehead atoms. The zero-order valence-corrected chi connectivity index (χ0v) is 15.6. The van der Waals surface area contributed by atoms with E-state index in [-0.39, 0.29) is 11.6 Å². The lowest BCUT2D eigenvalue weighted by Crippen LogP contribution is -2.49.